The molecule has 2 aromatic carbocycles. The van der Waals surface area contributed by atoms with Crippen LogP contribution in [0.25, 0.3) is 0 Å². The number of anilines is 2. The normalized spacial score (nSPS) is 10.8. The van der Waals surface area contributed by atoms with E-state index in [1.54, 1.807) is 44.2 Å². The Kier molecular flexibility index (Phi) is 6.51. The highest BCUT2D eigenvalue weighted by molar-refractivity contribution is 6.14. The molecule has 0 saturated heterocycles. The predicted octanol–water partition coefficient (Wildman–Crippen LogP) is 3.62. The smallest absolute Gasteiger partial charge is 0.239 e. The predicted molar refractivity (Wildman–Crippen MR) is 108 cm³/mol. The third-order valence-electron chi connectivity index (χ3n) is 4.39. The lowest BCUT2D eigenvalue weighted by molar-refractivity contribution is -0.135. The van der Waals surface area contributed by atoms with Crippen molar-refractivity contribution >= 4 is 23.2 Å². The minimum Gasteiger partial charge on any atom is -0.497 e. The van der Waals surface area contributed by atoms with Crippen LogP contribution in [0.1, 0.15) is 19.4 Å². The van der Waals surface area contributed by atoms with E-state index in [1.165, 1.54) is 21.3 Å². The molecule has 0 radical (unpaired) electrons. The van der Waals surface area contributed by atoms with Gasteiger partial charge in [0, 0.05) is 6.07 Å². The number of hydrogen-bond donors (Lipinski definition) is 2. The molecule has 0 saturated carbocycles. The van der Waals surface area contributed by atoms with E-state index in [1.807, 2.05) is 13.0 Å². The van der Waals surface area contributed by atoms with Crippen LogP contribution in [0, 0.1) is 12.3 Å². The van der Waals surface area contributed by atoms with Crippen LogP contribution in [0.4, 0.5) is 11.4 Å². The Morgan fingerprint density at radius 3 is 1.79 bits per heavy atom. The van der Waals surface area contributed by atoms with Gasteiger partial charge < -0.3 is 24.8 Å². The zero-order valence-electron chi connectivity index (χ0n) is 17.0. The minimum atomic E-state index is -1.36. The van der Waals surface area contributed by atoms with E-state index in [2.05, 4.69) is 10.6 Å². The van der Waals surface area contributed by atoms with Crippen molar-refractivity contribution in [2.75, 3.05) is 32.0 Å². The maximum atomic E-state index is 12.9. The fraction of sp³-hybridized carbons (Fsp3) is 0.333. The zero-order chi connectivity index (χ0) is 20.9. The number of methoxy groups -OCH3 is 3. The van der Waals surface area contributed by atoms with E-state index in [9.17, 15) is 9.59 Å². The molecular weight excluding hydrogens is 360 g/mol. The highest BCUT2D eigenvalue weighted by Gasteiger charge is 2.37. The van der Waals surface area contributed by atoms with E-state index in [0.717, 1.165) is 5.56 Å². The van der Waals surface area contributed by atoms with Gasteiger partial charge in [-0.2, -0.15) is 0 Å². The van der Waals surface area contributed by atoms with Gasteiger partial charge in [-0.05, 0) is 50.6 Å². The molecule has 0 aromatic heterocycles. The second kappa shape index (κ2) is 8.65. The van der Waals surface area contributed by atoms with E-state index in [-0.39, 0.29) is 0 Å². The van der Waals surface area contributed by atoms with Gasteiger partial charge in [0.05, 0.1) is 32.7 Å². The third kappa shape index (κ3) is 4.54. The van der Waals surface area contributed by atoms with Crippen LogP contribution in [-0.4, -0.2) is 33.1 Å². The molecule has 0 fully saturated rings. The van der Waals surface area contributed by atoms with Crippen LogP contribution in [-0.2, 0) is 9.59 Å². The van der Waals surface area contributed by atoms with Crippen LogP contribution in [0.15, 0.2) is 36.4 Å². The second-order valence-electron chi connectivity index (χ2n) is 6.80. The molecule has 28 heavy (non-hydrogen) atoms. The molecule has 0 aliphatic carbocycles. The molecule has 0 heterocycles. The summed E-state index contributed by atoms with van der Waals surface area (Å²) in [5, 5.41) is 5.53. The Bertz CT molecular complexity index is 877. The topological polar surface area (TPSA) is 85.9 Å². The molecular formula is C21H26N2O5. The van der Waals surface area contributed by atoms with E-state index in [4.69, 9.17) is 14.2 Å². The monoisotopic (exact) mass is 386 g/mol. The lowest BCUT2D eigenvalue weighted by Gasteiger charge is -2.24. The number of benzene rings is 2. The average molecular weight is 386 g/mol. The number of nitrogens with one attached hydrogen (secondary N) is 2. The van der Waals surface area contributed by atoms with Gasteiger partial charge in [-0.25, -0.2) is 0 Å². The van der Waals surface area contributed by atoms with Gasteiger partial charge in [0.25, 0.3) is 0 Å². The van der Waals surface area contributed by atoms with Gasteiger partial charge in [-0.3, -0.25) is 9.59 Å². The summed E-state index contributed by atoms with van der Waals surface area (Å²) in [6.45, 7) is 5.00. The first-order valence-electron chi connectivity index (χ1n) is 8.72. The molecule has 0 aliphatic heterocycles. The lowest BCUT2D eigenvalue weighted by atomic mass is 9.90. The molecule has 150 valence electrons. The molecule has 0 bridgehead atoms. The van der Waals surface area contributed by atoms with Gasteiger partial charge >= 0.3 is 0 Å². The third-order valence-corrected chi connectivity index (χ3v) is 4.39. The van der Waals surface area contributed by atoms with Gasteiger partial charge in [-0.1, -0.05) is 6.07 Å². The van der Waals surface area contributed by atoms with Crippen molar-refractivity contribution in [3.05, 3.63) is 42.0 Å². The van der Waals surface area contributed by atoms with E-state index < -0.39 is 17.2 Å². The lowest BCUT2D eigenvalue weighted by Crippen LogP contribution is -2.41. The molecule has 0 aliphatic rings. The van der Waals surface area contributed by atoms with E-state index in [0.29, 0.717) is 28.6 Å². The summed E-state index contributed by atoms with van der Waals surface area (Å²) in [4.78, 5) is 25.7. The summed E-state index contributed by atoms with van der Waals surface area (Å²) >= 11 is 0. The first kappa shape index (κ1) is 21.1. The van der Waals surface area contributed by atoms with Crippen molar-refractivity contribution in [1.82, 2.24) is 0 Å². The van der Waals surface area contributed by atoms with E-state index >= 15 is 0 Å². The van der Waals surface area contributed by atoms with Crippen molar-refractivity contribution in [1.29, 1.82) is 0 Å². The zero-order valence-corrected chi connectivity index (χ0v) is 17.0. The van der Waals surface area contributed by atoms with Crippen LogP contribution in [0.5, 0.6) is 17.2 Å². The highest BCUT2D eigenvalue weighted by Crippen LogP contribution is 2.32. The Hall–Kier alpha value is -3.22. The SMILES string of the molecule is COc1ccc(OC)c(NC(=O)C(C)(C)C(=O)Nc2cc(C)ccc2OC)c1. The van der Waals surface area contributed by atoms with Crippen molar-refractivity contribution in [3.8, 4) is 17.2 Å². The summed E-state index contributed by atoms with van der Waals surface area (Å²) < 4.78 is 15.7. The molecule has 2 amide bonds. The van der Waals surface area contributed by atoms with Crippen LogP contribution >= 0.6 is 0 Å². The molecule has 0 unspecified atom stereocenters. The number of aryl methyl sites for hydroxylation is 1. The molecule has 2 rings (SSSR count). The number of carbonyl (C=O) groups is 2. The van der Waals surface area contributed by atoms with Crippen LogP contribution in [0.2, 0.25) is 0 Å². The minimum absolute atomic E-state index is 0.417. The molecule has 0 atom stereocenters. The quantitative estimate of drug-likeness (QED) is 0.710. The number of ether oxygens (including phenoxy) is 3. The molecule has 7 nitrogen and oxygen atoms in total. The van der Waals surface area contributed by atoms with Gasteiger partial charge in [0.1, 0.15) is 22.7 Å². The number of hydrogen-bond acceptors (Lipinski definition) is 5. The summed E-state index contributed by atoms with van der Waals surface area (Å²) in [6, 6.07) is 10.5. The highest BCUT2D eigenvalue weighted by atomic mass is 16.5. The summed E-state index contributed by atoms with van der Waals surface area (Å²) in [5.74, 6) is 0.595. The van der Waals surface area contributed by atoms with Crippen molar-refractivity contribution in [2.45, 2.75) is 20.8 Å². The second-order valence-corrected chi connectivity index (χ2v) is 6.80. The first-order valence-corrected chi connectivity index (χ1v) is 8.72. The first-order chi connectivity index (χ1) is 13.2. The maximum absolute atomic E-state index is 12.9. The van der Waals surface area contributed by atoms with Crippen molar-refractivity contribution in [3.63, 3.8) is 0 Å². The number of carbonyl (C=O) groups excluding carboxylic acids is 2. The van der Waals surface area contributed by atoms with Crippen LogP contribution in [0.3, 0.4) is 0 Å². The Morgan fingerprint density at radius 2 is 1.29 bits per heavy atom. The molecule has 2 aromatic rings. The van der Waals surface area contributed by atoms with Gasteiger partial charge in [0.2, 0.25) is 11.8 Å². The Morgan fingerprint density at radius 1 is 0.786 bits per heavy atom. The standard InChI is InChI=1S/C21H26N2O5/c1-13-7-9-17(27-5)15(11-13)22-19(24)21(2,3)20(25)23-16-12-14(26-4)8-10-18(16)28-6/h7-12H,1-6H3,(H,22,24)(H,23,25). The van der Waals surface area contributed by atoms with Crippen molar-refractivity contribution in [2.24, 2.45) is 5.41 Å². The fourth-order valence-corrected chi connectivity index (χ4v) is 2.49. The number of amides is 2. The van der Waals surface area contributed by atoms with Crippen LogP contribution < -0.4 is 24.8 Å². The molecule has 0 spiro atoms. The number of rotatable bonds is 7. The Labute approximate surface area is 165 Å². The maximum Gasteiger partial charge on any atom is 0.239 e. The molecule has 7 heteroatoms. The molecule has 2 N–H and O–H groups in total. The summed E-state index contributed by atoms with van der Waals surface area (Å²) in [5.41, 5.74) is 0.524. The summed E-state index contributed by atoms with van der Waals surface area (Å²) in [6.07, 6.45) is 0. The van der Waals surface area contributed by atoms with Crippen molar-refractivity contribution < 1.29 is 23.8 Å². The largest absolute Gasteiger partial charge is 0.497 e. The van der Waals surface area contributed by atoms with Gasteiger partial charge in [0.15, 0.2) is 0 Å². The van der Waals surface area contributed by atoms with Gasteiger partial charge in [-0.15, -0.1) is 0 Å². The fourth-order valence-electron chi connectivity index (χ4n) is 2.49. The Balaban J connectivity index is 2.23. The summed E-state index contributed by atoms with van der Waals surface area (Å²) in [7, 11) is 4.55. The average Bonchev–Trinajstić information content (AvgIpc) is 2.67.